The van der Waals surface area contributed by atoms with Crippen LogP contribution in [0.3, 0.4) is 0 Å². The van der Waals surface area contributed by atoms with Crippen molar-refractivity contribution in [1.82, 2.24) is 25.4 Å². The number of rotatable bonds is 8. The molecule has 0 aliphatic rings. The average molecular weight is 425 g/mol. The van der Waals surface area contributed by atoms with Gasteiger partial charge in [0.15, 0.2) is 11.8 Å². The number of guanidine groups is 1. The van der Waals surface area contributed by atoms with Gasteiger partial charge in [-0.15, -0.1) is 10.2 Å². The molecule has 0 spiro atoms. The molecule has 32 heavy (non-hydrogen) atoms. The van der Waals surface area contributed by atoms with Crippen molar-refractivity contribution in [2.45, 2.75) is 19.4 Å². The van der Waals surface area contributed by atoms with E-state index >= 15 is 0 Å². The van der Waals surface area contributed by atoms with Crippen LogP contribution in [-0.2, 0) is 6.54 Å². The Bertz CT molecular complexity index is 1070. The normalized spacial score (nSPS) is 11.5. The molecule has 0 aliphatic carbocycles. The van der Waals surface area contributed by atoms with Crippen LogP contribution in [0.25, 0.3) is 5.69 Å². The highest BCUT2D eigenvalue weighted by Crippen LogP contribution is 2.23. The third kappa shape index (κ3) is 5.40. The van der Waals surface area contributed by atoms with Gasteiger partial charge < -0.3 is 10.6 Å². The maximum absolute atomic E-state index is 4.77. The minimum atomic E-state index is 0.217. The van der Waals surface area contributed by atoms with E-state index < -0.39 is 0 Å². The number of para-hydroxylation sites is 1. The fourth-order valence-corrected chi connectivity index (χ4v) is 3.66. The summed E-state index contributed by atoms with van der Waals surface area (Å²) in [4.78, 5) is 4.77. The molecule has 1 aromatic heterocycles. The van der Waals surface area contributed by atoms with Crippen molar-refractivity contribution in [1.29, 1.82) is 0 Å². The molecule has 2 N–H and O–H groups in total. The molecule has 0 saturated heterocycles. The second-order valence-corrected chi connectivity index (χ2v) is 7.40. The molecule has 1 heterocycles. The summed E-state index contributed by atoms with van der Waals surface area (Å²) in [5, 5.41) is 15.2. The minimum absolute atomic E-state index is 0.217. The van der Waals surface area contributed by atoms with Gasteiger partial charge in [-0.1, -0.05) is 78.9 Å². The van der Waals surface area contributed by atoms with E-state index in [0.29, 0.717) is 6.54 Å². The lowest BCUT2D eigenvalue weighted by molar-refractivity contribution is 0.725. The predicted octanol–water partition coefficient (Wildman–Crippen LogP) is 4.15. The predicted molar refractivity (Wildman–Crippen MR) is 129 cm³/mol. The zero-order valence-corrected chi connectivity index (χ0v) is 18.2. The minimum Gasteiger partial charge on any atom is -0.357 e. The van der Waals surface area contributed by atoms with Crippen LogP contribution in [0, 0.1) is 0 Å². The summed E-state index contributed by atoms with van der Waals surface area (Å²) < 4.78 is 1.96. The van der Waals surface area contributed by atoms with Gasteiger partial charge in [0.25, 0.3) is 0 Å². The van der Waals surface area contributed by atoms with Gasteiger partial charge in [-0.25, -0.2) is 4.99 Å². The van der Waals surface area contributed by atoms with Crippen LogP contribution >= 0.6 is 0 Å². The van der Waals surface area contributed by atoms with E-state index in [4.69, 9.17) is 4.99 Å². The summed E-state index contributed by atoms with van der Waals surface area (Å²) in [5.41, 5.74) is 3.56. The van der Waals surface area contributed by atoms with Gasteiger partial charge in [0.2, 0.25) is 0 Å². The second kappa shape index (κ2) is 10.9. The summed E-state index contributed by atoms with van der Waals surface area (Å²) in [6, 6.07) is 31.2. The van der Waals surface area contributed by atoms with Crippen molar-refractivity contribution in [3.8, 4) is 5.69 Å². The van der Waals surface area contributed by atoms with E-state index in [0.717, 1.165) is 30.6 Å². The van der Waals surface area contributed by atoms with E-state index in [9.17, 15) is 0 Å². The Hall–Kier alpha value is -3.93. The van der Waals surface area contributed by atoms with E-state index in [2.05, 4.69) is 76.3 Å². The van der Waals surface area contributed by atoms with Gasteiger partial charge in [0.1, 0.15) is 12.9 Å². The standard InChI is InChI=1S/C26H28N6/c1-2-27-26(29-19-25-31-30-20-32(25)23-16-10-5-11-17-23)28-18-24(21-12-6-3-7-13-21)22-14-8-4-9-15-22/h3-17,20,24H,2,18-19H2,1H3,(H2,27,28,29). The van der Waals surface area contributed by atoms with E-state index in [1.54, 1.807) is 6.33 Å². The fraction of sp³-hybridized carbons (Fsp3) is 0.192. The van der Waals surface area contributed by atoms with Gasteiger partial charge in [-0.3, -0.25) is 4.57 Å². The van der Waals surface area contributed by atoms with Crippen molar-refractivity contribution >= 4 is 5.96 Å². The van der Waals surface area contributed by atoms with Crippen molar-refractivity contribution < 1.29 is 0 Å². The maximum Gasteiger partial charge on any atom is 0.191 e. The maximum atomic E-state index is 4.77. The molecule has 4 aromatic rings. The number of hydrogen-bond acceptors (Lipinski definition) is 3. The Labute approximate surface area is 189 Å². The van der Waals surface area contributed by atoms with Gasteiger partial charge in [0.05, 0.1) is 0 Å². The number of aliphatic imine (C=N–C) groups is 1. The zero-order valence-electron chi connectivity index (χ0n) is 18.2. The highest BCUT2D eigenvalue weighted by molar-refractivity contribution is 5.79. The number of benzene rings is 3. The van der Waals surface area contributed by atoms with Gasteiger partial charge in [-0.05, 0) is 30.2 Å². The van der Waals surface area contributed by atoms with Gasteiger partial charge in [0, 0.05) is 24.7 Å². The molecule has 0 fully saturated rings. The number of hydrogen-bond donors (Lipinski definition) is 2. The Morgan fingerprint density at radius 3 is 2.03 bits per heavy atom. The third-order valence-corrected chi connectivity index (χ3v) is 5.25. The first kappa shape index (κ1) is 21.3. The van der Waals surface area contributed by atoms with E-state index in [1.807, 2.05) is 47.0 Å². The Kier molecular flexibility index (Phi) is 7.26. The Morgan fingerprint density at radius 2 is 1.44 bits per heavy atom. The number of nitrogens with one attached hydrogen (secondary N) is 2. The highest BCUT2D eigenvalue weighted by atomic mass is 15.3. The first-order chi connectivity index (χ1) is 15.8. The molecule has 0 aliphatic heterocycles. The quantitative estimate of drug-likeness (QED) is 0.329. The summed E-state index contributed by atoms with van der Waals surface area (Å²) in [6.07, 6.45) is 1.72. The van der Waals surface area contributed by atoms with E-state index in [1.165, 1.54) is 11.1 Å². The molecule has 3 aromatic carbocycles. The second-order valence-electron chi connectivity index (χ2n) is 7.40. The molecule has 0 saturated carbocycles. The smallest absolute Gasteiger partial charge is 0.191 e. The molecular formula is C26H28N6. The molecule has 0 unspecified atom stereocenters. The van der Waals surface area contributed by atoms with Crippen LogP contribution in [0.1, 0.15) is 29.8 Å². The molecule has 162 valence electrons. The molecular weight excluding hydrogens is 396 g/mol. The van der Waals surface area contributed by atoms with Gasteiger partial charge >= 0.3 is 0 Å². The summed E-state index contributed by atoms with van der Waals surface area (Å²) in [7, 11) is 0. The largest absolute Gasteiger partial charge is 0.357 e. The molecule has 0 bridgehead atoms. The summed E-state index contributed by atoms with van der Waals surface area (Å²) in [6.45, 7) is 3.99. The number of aromatic nitrogens is 3. The van der Waals surface area contributed by atoms with Crippen molar-refractivity contribution in [3.05, 3.63) is 114 Å². The highest BCUT2D eigenvalue weighted by Gasteiger charge is 2.14. The van der Waals surface area contributed by atoms with Crippen LogP contribution in [0.2, 0.25) is 0 Å². The SMILES string of the molecule is CCNC(=NCc1nncn1-c1ccccc1)NCC(c1ccccc1)c1ccccc1. The average Bonchev–Trinajstić information content (AvgIpc) is 3.33. The van der Waals surface area contributed by atoms with Crippen LogP contribution < -0.4 is 10.6 Å². The first-order valence-electron chi connectivity index (χ1n) is 10.9. The molecule has 4 rings (SSSR count). The van der Waals surface area contributed by atoms with Crippen molar-refractivity contribution in [2.75, 3.05) is 13.1 Å². The lowest BCUT2D eigenvalue weighted by Gasteiger charge is -2.20. The van der Waals surface area contributed by atoms with Crippen molar-refractivity contribution in [2.24, 2.45) is 4.99 Å². The zero-order chi connectivity index (χ0) is 22.0. The first-order valence-corrected chi connectivity index (χ1v) is 10.9. The van der Waals surface area contributed by atoms with Crippen LogP contribution in [0.15, 0.2) is 102 Å². The topological polar surface area (TPSA) is 67.1 Å². The fourth-order valence-electron chi connectivity index (χ4n) is 3.66. The third-order valence-electron chi connectivity index (χ3n) is 5.25. The summed E-state index contributed by atoms with van der Waals surface area (Å²) >= 11 is 0. The molecule has 0 atom stereocenters. The molecule has 6 heteroatoms. The van der Waals surface area contributed by atoms with Crippen LogP contribution in [0.5, 0.6) is 0 Å². The monoisotopic (exact) mass is 424 g/mol. The lowest BCUT2D eigenvalue weighted by Crippen LogP contribution is -2.39. The molecule has 0 amide bonds. The van der Waals surface area contributed by atoms with Crippen molar-refractivity contribution in [3.63, 3.8) is 0 Å². The Morgan fingerprint density at radius 1 is 0.844 bits per heavy atom. The van der Waals surface area contributed by atoms with E-state index in [-0.39, 0.29) is 5.92 Å². The number of nitrogens with zero attached hydrogens (tertiary/aromatic N) is 4. The lowest BCUT2D eigenvalue weighted by atomic mass is 9.91. The molecule has 0 radical (unpaired) electrons. The van der Waals surface area contributed by atoms with Gasteiger partial charge in [-0.2, -0.15) is 0 Å². The van der Waals surface area contributed by atoms with Crippen LogP contribution in [0.4, 0.5) is 0 Å². The molecule has 6 nitrogen and oxygen atoms in total. The summed E-state index contributed by atoms with van der Waals surface area (Å²) in [5.74, 6) is 1.76. The van der Waals surface area contributed by atoms with Crippen LogP contribution in [-0.4, -0.2) is 33.8 Å². The Balaban J connectivity index is 1.51.